The van der Waals surface area contributed by atoms with Crippen LogP contribution in [0.25, 0.3) is 10.9 Å². The molecule has 2 aromatic rings. The molecule has 0 atom stereocenters. The summed E-state index contributed by atoms with van der Waals surface area (Å²) in [4.78, 5) is 29.3. The first kappa shape index (κ1) is 15.6. The number of H-pyrrole nitrogens is 1. The Hall–Kier alpha value is -2.74. The highest BCUT2D eigenvalue weighted by Gasteiger charge is 2.15. The number of primary amides is 1. The molecule has 2 amide bonds. The zero-order chi connectivity index (χ0) is 16.3. The summed E-state index contributed by atoms with van der Waals surface area (Å²) in [7, 11) is 1.55. The predicted octanol–water partition coefficient (Wildman–Crippen LogP) is 0.360. The minimum Gasteiger partial charge on any atom is -0.482 e. The van der Waals surface area contributed by atoms with Crippen LogP contribution in [0.2, 0.25) is 5.02 Å². The summed E-state index contributed by atoms with van der Waals surface area (Å²) in [6.45, 7) is -0.288. The maximum absolute atomic E-state index is 12.0. The molecule has 9 heteroatoms. The van der Waals surface area contributed by atoms with Gasteiger partial charge in [-0.25, -0.2) is 0 Å². The molecule has 8 nitrogen and oxygen atoms in total. The fraction of sp³-hybridized carbons (Fsp3) is 0.154. The number of nitrogens with zero attached hydrogens (tertiary/aromatic N) is 1. The number of nitrogens with two attached hydrogens (primary N) is 2. The van der Waals surface area contributed by atoms with Gasteiger partial charge in [0.15, 0.2) is 12.6 Å². The third-order valence-corrected chi connectivity index (χ3v) is 3.11. The molecular weight excluding hydrogens is 310 g/mol. The van der Waals surface area contributed by atoms with Crippen molar-refractivity contribution in [3.63, 3.8) is 0 Å². The van der Waals surface area contributed by atoms with Crippen molar-refractivity contribution >= 4 is 40.3 Å². The lowest BCUT2D eigenvalue weighted by atomic mass is 10.2. The Morgan fingerprint density at radius 1 is 1.41 bits per heavy atom. The van der Waals surface area contributed by atoms with Gasteiger partial charge in [0, 0.05) is 12.4 Å². The van der Waals surface area contributed by atoms with Gasteiger partial charge in [-0.1, -0.05) is 11.6 Å². The number of hydrogen-bond donors (Lipinski definition) is 4. The molecule has 1 aromatic heterocycles. The second-order valence-electron chi connectivity index (χ2n) is 4.32. The number of aromatic amines is 1. The van der Waals surface area contributed by atoms with Crippen LogP contribution in [-0.4, -0.2) is 36.4 Å². The fourth-order valence-electron chi connectivity index (χ4n) is 1.77. The molecular formula is C13H14ClN5O3. The topological polar surface area (TPSA) is 136 Å². The Morgan fingerprint density at radius 3 is 2.77 bits per heavy atom. The number of aromatic nitrogens is 1. The van der Waals surface area contributed by atoms with Crippen LogP contribution >= 0.6 is 11.6 Å². The van der Waals surface area contributed by atoms with E-state index >= 15 is 0 Å². The summed E-state index contributed by atoms with van der Waals surface area (Å²) in [5.41, 5.74) is 11.1. The summed E-state index contributed by atoms with van der Waals surface area (Å²) < 4.78 is 5.28. The largest absolute Gasteiger partial charge is 0.482 e. The summed E-state index contributed by atoms with van der Waals surface area (Å²) in [6.07, 6.45) is 0. The lowest BCUT2D eigenvalue weighted by Gasteiger charge is -2.05. The molecule has 0 aliphatic heterocycles. The van der Waals surface area contributed by atoms with Crippen molar-refractivity contribution in [2.24, 2.45) is 16.5 Å². The monoisotopic (exact) mass is 323 g/mol. The number of rotatable bonds is 4. The van der Waals surface area contributed by atoms with Crippen molar-refractivity contribution in [1.29, 1.82) is 0 Å². The van der Waals surface area contributed by atoms with E-state index in [1.165, 1.54) is 6.07 Å². The van der Waals surface area contributed by atoms with Gasteiger partial charge in [0.05, 0.1) is 10.5 Å². The zero-order valence-corrected chi connectivity index (χ0v) is 12.4. The van der Waals surface area contributed by atoms with E-state index in [0.29, 0.717) is 21.7 Å². The number of aliphatic imine (C=N–C) groups is 1. The van der Waals surface area contributed by atoms with E-state index in [4.69, 9.17) is 27.8 Å². The van der Waals surface area contributed by atoms with Crippen LogP contribution in [0.1, 0.15) is 10.5 Å². The molecule has 0 spiro atoms. The smallest absolute Gasteiger partial charge is 0.296 e. The molecule has 22 heavy (non-hydrogen) atoms. The molecule has 0 aliphatic carbocycles. The minimum absolute atomic E-state index is 0.0139. The first-order chi connectivity index (χ1) is 10.4. The summed E-state index contributed by atoms with van der Waals surface area (Å²) in [5.74, 6) is -0.847. The zero-order valence-electron chi connectivity index (χ0n) is 11.6. The van der Waals surface area contributed by atoms with Gasteiger partial charge in [0.1, 0.15) is 11.4 Å². The number of carbonyl (C=O) groups excluding carboxylic acids is 2. The highest BCUT2D eigenvalue weighted by Crippen LogP contribution is 2.32. The van der Waals surface area contributed by atoms with Crippen LogP contribution < -0.4 is 21.5 Å². The molecule has 0 unspecified atom stereocenters. The Bertz CT molecular complexity index is 768. The molecule has 1 aromatic carbocycles. The Kier molecular flexibility index (Phi) is 4.52. The number of ether oxygens (including phenoxy) is 1. The molecule has 0 saturated carbocycles. The van der Waals surface area contributed by atoms with Crippen molar-refractivity contribution in [2.45, 2.75) is 0 Å². The first-order valence-electron chi connectivity index (χ1n) is 6.21. The van der Waals surface area contributed by atoms with Gasteiger partial charge in [-0.05, 0) is 18.2 Å². The maximum Gasteiger partial charge on any atom is 0.296 e. The first-order valence-corrected chi connectivity index (χ1v) is 6.58. The van der Waals surface area contributed by atoms with Gasteiger partial charge in [-0.15, -0.1) is 0 Å². The number of halogens is 1. The number of guanidine groups is 1. The predicted molar refractivity (Wildman–Crippen MR) is 83.0 cm³/mol. The summed E-state index contributed by atoms with van der Waals surface area (Å²) in [6, 6.07) is 4.70. The second kappa shape index (κ2) is 6.35. The number of carbonyl (C=O) groups is 2. The van der Waals surface area contributed by atoms with E-state index in [9.17, 15) is 9.59 Å². The van der Waals surface area contributed by atoms with Gasteiger partial charge in [0.2, 0.25) is 0 Å². The molecule has 1 heterocycles. The van der Waals surface area contributed by atoms with E-state index in [-0.39, 0.29) is 18.3 Å². The van der Waals surface area contributed by atoms with E-state index in [1.54, 1.807) is 19.2 Å². The van der Waals surface area contributed by atoms with Gasteiger partial charge >= 0.3 is 0 Å². The Balaban J connectivity index is 2.44. The highest BCUT2D eigenvalue weighted by molar-refractivity contribution is 6.35. The number of amides is 2. The van der Waals surface area contributed by atoms with Crippen LogP contribution in [0.15, 0.2) is 23.2 Å². The fourth-order valence-corrected chi connectivity index (χ4v) is 1.98. The van der Waals surface area contributed by atoms with Crippen LogP contribution in [0.3, 0.4) is 0 Å². The van der Waals surface area contributed by atoms with Crippen molar-refractivity contribution in [3.8, 4) is 5.75 Å². The molecule has 2 rings (SSSR count). The van der Waals surface area contributed by atoms with Gasteiger partial charge < -0.3 is 26.5 Å². The van der Waals surface area contributed by atoms with Crippen LogP contribution in [0.4, 0.5) is 0 Å². The Labute approximate surface area is 130 Å². The molecule has 6 N–H and O–H groups in total. The molecule has 116 valence electrons. The van der Waals surface area contributed by atoms with Gasteiger partial charge in [0.25, 0.3) is 11.8 Å². The molecule has 0 radical (unpaired) electrons. The lowest BCUT2D eigenvalue weighted by molar-refractivity contribution is -0.119. The van der Waals surface area contributed by atoms with Crippen LogP contribution in [0.5, 0.6) is 5.75 Å². The third kappa shape index (κ3) is 3.29. The normalized spacial score (nSPS) is 11.5. The average Bonchev–Trinajstić information content (AvgIpc) is 2.92. The lowest BCUT2D eigenvalue weighted by Crippen LogP contribution is -2.28. The van der Waals surface area contributed by atoms with Crippen molar-refractivity contribution < 1.29 is 14.3 Å². The van der Waals surface area contributed by atoms with Crippen molar-refractivity contribution in [1.82, 2.24) is 10.3 Å². The number of fused-ring (bicyclic) bond motifs is 1. The highest BCUT2D eigenvalue weighted by atomic mass is 35.5. The maximum atomic E-state index is 12.0. The number of benzene rings is 1. The van der Waals surface area contributed by atoms with Crippen LogP contribution in [-0.2, 0) is 4.79 Å². The SMILES string of the molecule is CNC(N)=NC(=O)c1cc2c(Cl)ccc(OCC(N)=O)c2[nH]1. The average molecular weight is 324 g/mol. The molecule has 0 fully saturated rings. The van der Waals surface area contributed by atoms with Crippen LogP contribution in [0, 0.1) is 0 Å². The quantitative estimate of drug-likeness (QED) is 0.476. The second-order valence-corrected chi connectivity index (χ2v) is 4.73. The van der Waals surface area contributed by atoms with Gasteiger partial charge in [-0.3, -0.25) is 9.59 Å². The minimum atomic E-state index is -0.614. The van der Waals surface area contributed by atoms with Crippen molar-refractivity contribution in [2.75, 3.05) is 13.7 Å². The summed E-state index contributed by atoms with van der Waals surface area (Å²) in [5, 5.41) is 3.52. The van der Waals surface area contributed by atoms with Gasteiger partial charge in [-0.2, -0.15) is 4.99 Å². The molecule has 0 aliphatic rings. The van der Waals surface area contributed by atoms with Crippen molar-refractivity contribution in [3.05, 3.63) is 28.9 Å². The van der Waals surface area contributed by atoms with E-state index < -0.39 is 11.8 Å². The molecule has 0 saturated heterocycles. The third-order valence-electron chi connectivity index (χ3n) is 2.78. The number of hydrogen-bond acceptors (Lipinski definition) is 3. The Morgan fingerprint density at radius 2 is 2.14 bits per heavy atom. The number of nitrogens with one attached hydrogen (secondary N) is 2. The van der Waals surface area contributed by atoms with E-state index in [1.807, 2.05) is 0 Å². The molecule has 0 bridgehead atoms. The standard InChI is InChI=1S/C13H14ClN5O3/c1-17-13(16)19-12(21)8-4-6-7(14)2-3-9(11(6)18-8)22-5-10(15)20/h2-4,18H,5H2,1H3,(H2,15,20)(H3,16,17,19,21). The summed E-state index contributed by atoms with van der Waals surface area (Å²) >= 11 is 6.09. The van der Waals surface area contributed by atoms with E-state index in [0.717, 1.165) is 0 Å². The van der Waals surface area contributed by atoms with E-state index in [2.05, 4.69) is 15.3 Å².